The first-order valence-electron chi connectivity index (χ1n) is 9.43. The Labute approximate surface area is 159 Å². The minimum absolute atomic E-state index is 0.00253. The highest BCUT2D eigenvalue weighted by molar-refractivity contribution is 6.99. The van der Waals surface area contributed by atoms with Crippen molar-refractivity contribution in [2.24, 2.45) is 0 Å². The normalized spacial score (nSPS) is 13.0. The van der Waals surface area contributed by atoms with Crippen LogP contribution in [0, 0.1) is 0 Å². The van der Waals surface area contributed by atoms with Crippen molar-refractivity contribution in [2.75, 3.05) is 13.2 Å². The molecule has 3 heteroatoms. The molecule has 2 aromatic rings. The molecule has 0 bridgehead atoms. The summed E-state index contributed by atoms with van der Waals surface area (Å²) in [4.78, 5) is 0. The molecule has 2 rings (SSSR count). The van der Waals surface area contributed by atoms with Crippen LogP contribution in [0.4, 0.5) is 0 Å². The minimum atomic E-state index is -2.44. The maximum atomic E-state index is 9.02. The second-order valence-corrected chi connectivity index (χ2v) is 12.2. The summed E-state index contributed by atoms with van der Waals surface area (Å²) in [6.07, 6.45) is 3.90. The van der Waals surface area contributed by atoms with Gasteiger partial charge in [-0.25, -0.2) is 0 Å². The van der Waals surface area contributed by atoms with Crippen molar-refractivity contribution in [3.05, 3.63) is 72.3 Å². The Balaban J connectivity index is 2.44. The largest absolute Gasteiger partial charge is 0.404 e. The molecular weight excluding hydrogens is 336 g/mol. The Morgan fingerprint density at radius 1 is 0.962 bits per heavy atom. The first-order valence-corrected chi connectivity index (χ1v) is 11.3. The third-order valence-corrected chi connectivity index (χ3v) is 9.88. The summed E-state index contributed by atoms with van der Waals surface area (Å²) in [7, 11) is -2.44. The van der Waals surface area contributed by atoms with Crippen molar-refractivity contribution >= 4 is 18.7 Å². The number of rotatable bonds is 8. The van der Waals surface area contributed by atoms with Crippen LogP contribution in [0.3, 0.4) is 0 Å². The van der Waals surface area contributed by atoms with Crippen molar-refractivity contribution < 1.29 is 9.53 Å². The molecule has 0 fully saturated rings. The highest BCUT2D eigenvalue weighted by Crippen LogP contribution is 2.36. The number of allylic oxidation sites excluding steroid dienone is 1. The average molecular weight is 369 g/mol. The van der Waals surface area contributed by atoms with Crippen LogP contribution in [-0.2, 0) is 4.43 Å². The van der Waals surface area contributed by atoms with E-state index in [4.69, 9.17) is 9.53 Å². The zero-order valence-electron chi connectivity index (χ0n) is 16.5. The molecule has 2 nitrogen and oxygen atoms in total. The molecule has 0 aliphatic heterocycles. The molecule has 0 saturated carbocycles. The fourth-order valence-corrected chi connectivity index (χ4v) is 8.02. The first kappa shape index (κ1) is 20.6. The molecule has 0 aliphatic rings. The predicted octanol–water partition coefficient (Wildman–Crippen LogP) is 4.28. The van der Waals surface area contributed by atoms with Crippen LogP contribution >= 0.6 is 0 Å². The van der Waals surface area contributed by atoms with E-state index < -0.39 is 8.32 Å². The van der Waals surface area contributed by atoms with Crippen LogP contribution in [0.25, 0.3) is 0 Å². The molecule has 0 heterocycles. The van der Waals surface area contributed by atoms with Crippen molar-refractivity contribution in [3.8, 4) is 0 Å². The van der Waals surface area contributed by atoms with Crippen molar-refractivity contribution in [1.82, 2.24) is 0 Å². The third-order valence-electron chi connectivity index (χ3n) is 4.88. The summed E-state index contributed by atoms with van der Waals surface area (Å²) in [5, 5.41) is 11.6. The highest BCUT2D eigenvalue weighted by atomic mass is 28.4. The highest BCUT2D eigenvalue weighted by Gasteiger charge is 2.49. The standard InChI is InChI=1S/C23H32O2Si/c1-20(12-11-18-24)17-19-25-26(23(2,3)4,21-13-7-5-8-14-21)22-15-9-6-10-16-22/h5-10,13-17,24H,11-12,18-19H2,1-4H3/b20-17+. The molecule has 0 unspecified atom stereocenters. The lowest BCUT2D eigenvalue weighted by Crippen LogP contribution is -2.66. The van der Waals surface area contributed by atoms with Gasteiger partial charge in [-0.2, -0.15) is 0 Å². The van der Waals surface area contributed by atoms with Crippen LogP contribution in [-0.4, -0.2) is 26.6 Å². The van der Waals surface area contributed by atoms with Crippen molar-refractivity contribution in [2.45, 2.75) is 45.6 Å². The first-order chi connectivity index (χ1) is 12.4. The van der Waals surface area contributed by atoms with E-state index in [0.717, 1.165) is 12.8 Å². The summed E-state index contributed by atoms with van der Waals surface area (Å²) in [5.41, 5.74) is 1.27. The van der Waals surface area contributed by atoms with E-state index in [1.807, 2.05) is 0 Å². The van der Waals surface area contributed by atoms with Gasteiger partial charge in [0, 0.05) is 6.61 Å². The Morgan fingerprint density at radius 2 is 1.46 bits per heavy atom. The molecule has 2 aromatic carbocycles. The van der Waals surface area contributed by atoms with Gasteiger partial charge in [0.1, 0.15) is 0 Å². The molecule has 0 aliphatic carbocycles. The fourth-order valence-electron chi connectivity index (χ4n) is 3.53. The van der Waals surface area contributed by atoms with E-state index in [2.05, 4.69) is 94.4 Å². The van der Waals surface area contributed by atoms with Crippen LogP contribution < -0.4 is 10.4 Å². The van der Waals surface area contributed by atoms with Crippen LogP contribution in [0.15, 0.2) is 72.3 Å². The van der Waals surface area contributed by atoms with Gasteiger partial charge in [-0.15, -0.1) is 0 Å². The van der Waals surface area contributed by atoms with E-state index in [-0.39, 0.29) is 11.6 Å². The van der Waals surface area contributed by atoms with E-state index in [9.17, 15) is 0 Å². The van der Waals surface area contributed by atoms with E-state index in [1.54, 1.807) is 0 Å². The molecule has 1 N–H and O–H groups in total. The maximum Gasteiger partial charge on any atom is 0.261 e. The number of aliphatic hydroxyl groups is 1. The predicted molar refractivity (Wildman–Crippen MR) is 114 cm³/mol. The topological polar surface area (TPSA) is 29.5 Å². The zero-order valence-corrected chi connectivity index (χ0v) is 17.5. The van der Waals surface area contributed by atoms with Crippen LogP contribution in [0.1, 0.15) is 40.5 Å². The van der Waals surface area contributed by atoms with Gasteiger partial charge >= 0.3 is 0 Å². The molecule has 140 valence electrons. The SMILES string of the molecule is C/C(=C\CO[Si](c1ccccc1)(c1ccccc1)C(C)(C)C)CCCO. The summed E-state index contributed by atoms with van der Waals surface area (Å²) >= 11 is 0. The van der Waals surface area contributed by atoms with Gasteiger partial charge in [-0.3, -0.25) is 0 Å². The Kier molecular flexibility index (Phi) is 7.39. The van der Waals surface area contributed by atoms with Crippen molar-refractivity contribution in [1.29, 1.82) is 0 Å². The summed E-state index contributed by atoms with van der Waals surface area (Å²) in [6, 6.07) is 21.4. The van der Waals surface area contributed by atoms with Gasteiger partial charge in [0.2, 0.25) is 0 Å². The molecule has 0 amide bonds. The monoisotopic (exact) mass is 368 g/mol. The number of aliphatic hydroxyl groups excluding tert-OH is 1. The Bertz CT molecular complexity index is 648. The number of benzene rings is 2. The summed E-state index contributed by atoms with van der Waals surface area (Å²) < 4.78 is 6.82. The van der Waals surface area contributed by atoms with Gasteiger partial charge in [-0.05, 0) is 35.2 Å². The van der Waals surface area contributed by atoms with Gasteiger partial charge in [-0.1, -0.05) is 93.1 Å². The lowest BCUT2D eigenvalue weighted by Gasteiger charge is -2.42. The second-order valence-electron chi connectivity index (χ2n) is 7.85. The summed E-state index contributed by atoms with van der Waals surface area (Å²) in [6.45, 7) is 9.83. The number of hydrogen-bond donors (Lipinski definition) is 1. The van der Waals surface area contributed by atoms with E-state index in [0.29, 0.717) is 6.61 Å². The smallest absolute Gasteiger partial charge is 0.261 e. The molecule has 26 heavy (non-hydrogen) atoms. The van der Waals surface area contributed by atoms with Gasteiger partial charge in [0.15, 0.2) is 0 Å². The molecular formula is C23H32O2Si. The van der Waals surface area contributed by atoms with E-state index >= 15 is 0 Å². The molecule has 0 saturated heterocycles. The average Bonchev–Trinajstić information content (AvgIpc) is 2.64. The lowest BCUT2D eigenvalue weighted by atomic mass is 10.2. The lowest BCUT2D eigenvalue weighted by molar-refractivity contribution is 0.288. The second kappa shape index (κ2) is 9.31. The fraction of sp³-hybridized carbons (Fsp3) is 0.391. The van der Waals surface area contributed by atoms with Crippen LogP contribution in [0.5, 0.6) is 0 Å². The minimum Gasteiger partial charge on any atom is -0.404 e. The maximum absolute atomic E-state index is 9.02. The van der Waals surface area contributed by atoms with Crippen LogP contribution in [0.2, 0.25) is 5.04 Å². The molecule has 0 spiro atoms. The molecule has 0 radical (unpaired) electrons. The molecule has 0 aromatic heterocycles. The van der Waals surface area contributed by atoms with Gasteiger partial charge in [0.05, 0.1) is 6.61 Å². The van der Waals surface area contributed by atoms with E-state index in [1.165, 1.54) is 15.9 Å². The Morgan fingerprint density at radius 3 is 1.88 bits per heavy atom. The third kappa shape index (κ3) is 4.73. The Hall–Kier alpha value is -1.68. The zero-order chi connectivity index (χ0) is 19.0. The quantitative estimate of drug-likeness (QED) is 0.557. The van der Waals surface area contributed by atoms with Crippen molar-refractivity contribution in [3.63, 3.8) is 0 Å². The summed E-state index contributed by atoms with van der Waals surface area (Å²) in [5.74, 6) is 0. The molecule has 0 atom stereocenters. The van der Waals surface area contributed by atoms with Gasteiger partial charge in [0.25, 0.3) is 8.32 Å². The van der Waals surface area contributed by atoms with Gasteiger partial charge < -0.3 is 9.53 Å². The number of hydrogen-bond acceptors (Lipinski definition) is 2.